The monoisotopic (exact) mass is 244 g/mol. The molecule has 0 bridgehead atoms. The molecule has 2 unspecified atom stereocenters. The Bertz CT molecular complexity index is 279. The van der Waals surface area contributed by atoms with Crippen LogP contribution in [0.3, 0.4) is 0 Å². The van der Waals surface area contributed by atoms with E-state index in [0.29, 0.717) is 19.7 Å². The summed E-state index contributed by atoms with van der Waals surface area (Å²) >= 11 is 0. The highest BCUT2D eigenvalue weighted by molar-refractivity contribution is 4.91. The van der Waals surface area contributed by atoms with Gasteiger partial charge in [-0.1, -0.05) is 5.16 Å². The molecule has 17 heavy (non-hydrogen) atoms. The fourth-order valence-electron chi connectivity index (χ4n) is 1.31. The van der Waals surface area contributed by atoms with Crippen molar-refractivity contribution in [3.05, 3.63) is 18.0 Å². The Morgan fingerprint density at radius 2 is 2.35 bits per heavy atom. The summed E-state index contributed by atoms with van der Waals surface area (Å²) in [6, 6.07) is 1.77. The maximum absolute atomic E-state index is 9.62. The Morgan fingerprint density at radius 3 is 3.00 bits per heavy atom. The zero-order chi connectivity index (χ0) is 12.5. The van der Waals surface area contributed by atoms with Gasteiger partial charge in [0.25, 0.3) is 0 Å². The van der Waals surface area contributed by atoms with Crippen molar-refractivity contribution in [2.24, 2.45) is 0 Å². The van der Waals surface area contributed by atoms with Gasteiger partial charge in [0.15, 0.2) is 0 Å². The van der Waals surface area contributed by atoms with E-state index in [-0.39, 0.29) is 12.7 Å². The second-order valence-corrected chi connectivity index (χ2v) is 3.86. The van der Waals surface area contributed by atoms with E-state index in [9.17, 15) is 5.11 Å². The van der Waals surface area contributed by atoms with Crippen LogP contribution in [0.4, 0.5) is 0 Å². The summed E-state index contributed by atoms with van der Waals surface area (Å²) < 4.78 is 15.2. The Kier molecular flexibility index (Phi) is 6.80. The minimum absolute atomic E-state index is 0.0103. The number of rotatable bonds is 9. The summed E-state index contributed by atoms with van der Waals surface area (Å²) in [5.74, 6) is 0.742. The molecule has 1 rings (SSSR count). The summed E-state index contributed by atoms with van der Waals surface area (Å²) in [7, 11) is 1.62. The lowest BCUT2D eigenvalue weighted by Gasteiger charge is -2.15. The summed E-state index contributed by atoms with van der Waals surface area (Å²) in [6.07, 6.45) is 1.03. The van der Waals surface area contributed by atoms with Crippen molar-refractivity contribution in [3.8, 4) is 0 Å². The molecule has 2 N–H and O–H groups in total. The van der Waals surface area contributed by atoms with Crippen molar-refractivity contribution in [1.29, 1.82) is 0 Å². The smallest absolute Gasteiger partial charge is 0.150 e. The average Bonchev–Trinajstić information content (AvgIpc) is 2.80. The SMILES string of the molecule is COCC(C)OCC(O)CNCc1ccno1. The molecule has 0 saturated heterocycles. The van der Waals surface area contributed by atoms with Gasteiger partial charge in [-0.15, -0.1) is 0 Å². The maximum Gasteiger partial charge on any atom is 0.150 e. The molecule has 1 aromatic heterocycles. The highest BCUT2D eigenvalue weighted by Crippen LogP contribution is 1.96. The fourth-order valence-corrected chi connectivity index (χ4v) is 1.31. The minimum atomic E-state index is -0.544. The van der Waals surface area contributed by atoms with Crippen LogP contribution >= 0.6 is 0 Å². The quantitative estimate of drug-likeness (QED) is 0.645. The second-order valence-electron chi connectivity index (χ2n) is 3.86. The van der Waals surface area contributed by atoms with E-state index < -0.39 is 6.10 Å². The molecule has 0 fully saturated rings. The molecule has 98 valence electrons. The third-order valence-electron chi connectivity index (χ3n) is 2.14. The van der Waals surface area contributed by atoms with Crippen molar-refractivity contribution in [1.82, 2.24) is 10.5 Å². The molecule has 0 radical (unpaired) electrons. The van der Waals surface area contributed by atoms with E-state index in [1.165, 1.54) is 0 Å². The van der Waals surface area contributed by atoms with E-state index in [4.69, 9.17) is 14.0 Å². The van der Waals surface area contributed by atoms with Gasteiger partial charge in [0, 0.05) is 19.7 Å². The molecule has 1 heterocycles. The lowest BCUT2D eigenvalue weighted by atomic mass is 10.3. The Labute approximate surface area is 101 Å². The van der Waals surface area contributed by atoms with Crippen molar-refractivity contribution in [2.45, 2.75) is 25.7 Å². The molecular formula is C11H20N2O4. The van der Waals surface area contributed by atoms with Gasteiger partial charge in [-0.25, -0.2) is 0 Å². The molecule has 0 spiro atoms. The summed E-state index contributed by atoms with van der Waals surface area (Å²) in [6.45, 7) is 3.70. The van der Waals surface area contributed by atoms with Gasteiger partial charge >= 0.3 is 0 Å². The van der Waals surface area contributed by atoms with Gasteiger partial charge in [-0.3, -0.25) is 0 Å². The van der Waals surface area contributed by atoms with E-state index >= 15 is 0 Å². The van der Waals surface area contributed by atoms with Crippen LogP contribution < -0.4 is 5.32 Å². The highest BCUT2D eigenvalue weighted by atomic mass is 16.5. The Morgan fingerprint density at radius 1 is 1.53 bits per heavy atom. The largest absolute Gasteiger partial charge is 0.389 e. The first-order valence-corrected chi connectivity index (χ1v) is 5.61. The number of methoxy groups -OCH3 is 1. The number of aliphatic hydroxyl groups excluding tert-OH is 1. The van der Waals surface area contributed by atoms with Crippen LogP contribution in [-0.2, 0) is 16.0 Å². The number of ether oxygens (including phenoxy) is 2. The zero-order valence-corrected chi connectivity index (χ0v) is 10.3. The predicted octanol–water partition coefficient (Wildman–Crippen LogP) is 0.177. The lowest BCUT2D eigenvalue weighted by molar-refractivity contribution is -0.0312. The minimum Gasteiger partial charge on any atom is -0.389 e. The van der Waals surface area contributed by atoms with Crippen LogP contribution in [0.5, 0.6) is 0 Å². The average molecular weight is 244 g/mol. The van der Waals surface area contributed by atoms with Crippen LogP contribution in [0.25, 0.3) is 0 Å². The molecule has 1 aromatic rings. The van der Waals surface area contributed by atoms with Gasteiger partial charge in [-0.05, 0) is 6.92 Å². The molecule has 0 saturated carbocycles. The van der Waals surface area contributed by atoms with Gasteiger partial charge in [0.05, 0.1) is 38.2 Å². The van der Waals surface area contributed by atoms with E-state index in [2.05, 4.69) is 10.5 Å². The van der Waals surface area contributed by atoms with Gasteiger partial charge in [0.2, 0.25) is 0 Å². The van der Waals surface area contributed by atoms with E-state index in [0.717, 1.165) is 5.76 Å². The van der Waals surface area contributed by atoms with Crippen molar-refractivity contribution in [2.75, 3.05) is 26.9 Å². The summed E-state index contributed by atoms with van der Waals surface area (Å²) in [5.41, 5.74) is 0. The lowest BCUT2D eigenvalue weighted by Crippen LogP contribution is -2.32. The first-order chi connectivity index (χ1) is 8.22. The van der Waals surface area contributed by atoms with Crippen LogP contribution in [-0.4, -0.2) is 49.3 Å². The summed E-state index contributed by atoms with van der Waals surface area (Å²) in [4.78, 5) is 0. The number of nitrogens with one attached hydrogen (secondary N) is 1. The number of aromatic nitrogens is 1. The standard InChI is InChI=1S/C11H20N2O4/c1-9(7-15-2)16-8-10(14)5-12-6-11-3-4-13-17-11/h3-4,9-10,12,14H,5-8H2,1-2H3. The van der Waals surface area contributed by atoms with E-state index in [1.807, 2.05) is 6.92 Å². The molecular weight excluding hydrogens is 224 g/mol. The molecule has 0 aliphatic rings. The number of hydrogen-bond donors (Lipinski definition) is 2. The molecule has 0 aromatic carbocycles. The van der Waals surface area contributed by atoms with Crippen molar-refractivity contribution in [3.63, 3.8) is 0 Å². The second kappa shape index (κ2) is 8.19. The molecule has 0 amide bonds. The Hall–Kier alpha value is -0.950. The van der Waals surface area contributed by atoms with Gasteiger partial charge < -0.3 is 24.4 Å². The first kappa shape index (κ1) is 14.1. The first-order valence-electron chi connectivity index (χ1n) is 5.61. The molecule has 6 nitrogen and oxygen atoms in total. The number of hydrogen-bond acceptors (Lipinski definition) is 6. The number of nitrogens with zero attached hydrogens (tertiary/aromatic N) is 1. The molecule has 0 aliphatic carbocycles. The molecule has 2 atom stereocenters. The number of aliphatic hydroxyl groups is 1. The molecule has 0 aliphatic heterocycles. The van der Waals surface area contributed by atoms with E-state index in [1.54, 1.807) is 19.4 Å². The molecule has 6 heteroatoms. The van der Waals surface area contributed by atoms with Crippen molar-refractivity contribution >= 4 is 0 Å². The van der Waals surface area contributed by atoms with Crippen LogP contribution in [0, 0.1) is 0 Å². The highest BCUT2D eigenvalue weighted by Gasteiger charge is 2.08. The summed E-state index contributed by atoms with van der Waals surface area (Å²) in [5, 5.41) is 16.3. The normalized spacial score (nSPS) is 14.8. The van der Waals surface area contributed by atoms with Crippen LogP contribution in [0.1, 0.15) is 12.7 Å². The van der Waals surface area contributed by atoms with Crippen LogP contribution in [0.2, 0.25) is 0 Å². The third kappa shape index (κ3) is 6.38. The third-order valence-corrected chi connectivity index (χ3v) is 2.14. The van der Waals surface area contributed by atoms with Gasteiger partial charge in [-0.2, -0.15) is 0 Å². The van der Waals surface area contributed by atoms with Gasteiger partial charge in [0.1, 0.15) is 5.76 Å². The zero-order valence-electron chi connectivity index (χ0n) is 10.3. The topological polar surface area (TPSA) is 76.8 Å². The maximum atomic E-state index is 9.62. The predicted molar refractivity (Wildman–Crippen MR) is 61.5 cm³/mol. The fraction of sp³-hybridized carbons (Fsp3) is 0.727. The van der Waals surface area contributed by atoms with Crippen LogP contribution in [0.15, 0.2) is 16.8 Å². The van der Waals surface area contributed by atoms with Crippen molar-refractivity contribution < 1.29 is 19.1 Å². The Balaban J connectivity index is 2.03.